The Kier molecular flexibility index (Phi) is 6.94. The lowest BCUT2D eigenvalue weighted by Crippen LogP contribution is -2.18. The molecule has 0 bridgehead atoms. The van der Waals surface area contributed by atoms with Crippen molar-refractivity contribution in [1.29, 1.82) is 0 Å². The Balaban J connectivity index is 1.69. The monoisotopic (exact) mass is 399 g/mol. The highest BCUT2D eigenvalue weighted by Gasteiger charge is 2.23. The Morgan fingerprint density at radius 2 is 1.93 bits per heavy atom. The molecule has 2 aromatic rings. The summed E-state index contributed by atoms with van der Waals surface area (Å²) < 4.78 is 21.4. The third kappa shape index (κ3) is 5.63. The lowest BCUT2D eigenvalue weighted by atomic mass is 10.1. The number of esters is 1. The van der Waals surface area contributed by atoms with Crippen LogP contribution in [-0.2, 0) is 14.3 Å². The van der Waals surface area contributed by atoms with E-state index in [1.807, 2.05) is 6.92 Å². The van der Waals surface area contributed by atoms with Crippen LogP contribution < -0.4 is 9.47 Å². The van der Waals surface area contributed by atoms with Crippen molar-refractivity contribution in [2.75, 3.05) is 19.8 Å². The molecule has 0 unspecified atom stereocenters. The SMILES string of the molecule is CCOc1ccc(/C=C/C(=O)Oc2ccc(C3OCCCO3)cc2[N+](=O)[O-])cc1. The first-order valence-electron chi connectivity index (χ1n) is 9.21. The van der Waals surface area contributed by atoms with Gasteiger partial charge in [0, 0.05) is 17.7 Å². The van der Waals surface area contributed by atoms with Crippen LogP contribution in [0.25, 0.3) is 6.08 Å². The predicted molar refractivity (Wildman–Crippen MR) is 105 cm³/mol. The molecule has 1 fully saturated rings. The quantitative estimate of drug-likeness (QED) is 0.228. The van der Waals surface area contributed by atoms with E-state index < -0.39 is 17.2 Å². The Labute approximate surface area is 167 Å². The predicted octanol–water partition coefficient (Wildman–Crippen LogP) is 4.05. The summed E-state index contributed by atoms with van der Waals surface area (Å²) in [6, 6.07) is 11.4. The van der Waals surface area contributed by atoms with Gasteiger partial charge in [-0.25, -0.2) is 4.79 Å². The van der Waals surface area contributed by atoms with Crippen LogP contribution in [0.4, 0.5) is 5.69 Å². The molecule has 0 atom stereocenters. The number of carbonyl (C=O) groups is 1. The number of nitro groups is 1. The maximum atomic E-state index is 12.1. The molecule has 1 heterocycles. The average Bonchev–Trinajstić information content (AvgIpc) is 2.74. The molecule has 1 aliphatic rings. The fourth-order valence-electron chi connectivity index (χ4n) is 2.74. The number of benzene rings is 2. The normalized spacial score (nSPS) is 14.7. The minimum absolute atomic E-state index is 0.143. The van der Waals surface area contributed by atoms with E-state index in [4.69, 9.17) is 18.9 Å². The summed E-state index contributed by atoms with van der Waals surface area (Å²) >= 11 is 0. The number of hydrogen-bond acceptors (Lipinski definition) is 7. The van der Waals surface area contributed by atoms with E-state index in [0.29, 0.717) is 25.4 Å². The van der Waals surface area contributed by atoms with Gasteiger partial charge >= 0.3 is 11.7 Å². The van der Waals surface area contributed by atoms with Crippen molar-refractivity contribution in [2.45, 2.75) is 19.6 Å². The summed E-state index contributed by atoms with van der Waals surface area (Å²) in [6.07, 6.45) is 2.88. The zero-order valence-electron chi connectivity index (χ0n) is 15.9. The van der Waals surface area contributed by atoms with Crippen molar-refractivity contribution < 1.29 is 28.7 Å². The molecule has 3 rings (SSSR count). The fourth-order valence-corrected chi connectivity index (χ4v) is 2.74. The van der Waals surface area contributed by atoms with Crippen LogP contribution in [0.3, 0.4) is 0 Å². The molecular formula is C21H21NO7. The molecule has 2 aromatic carbocycles. The summed E-state index contributed by atoms with van der Waals surface area (Å²) in [5, 5.41) is 11.4. The Bertz CT molecular complexity index is 886. The van der Waals surface area contributed by atoms with Crippen molar-refractivity contribution in [2.24, 2.45) is 0 Å². The molecular weight excluding hydrogens is 378 g/mol. The first-order chi connectivity index (χ1) is 14.1. The first kappa shape index (κ1) is 20.5. The van der Waals surface area contributed by atoms with Gasteiger partial charge in [-0.05, 0) is 49.2 Å². The maximum Gasteiger partial charge on any atom is 0.336 e. The van der Waals surface area contributed by atoms with Gasteiger partial charge in [0.25, 0.3) is 0 Å². The molecule has 1 aliphatic heterocycles. The summed E-state index contributed by atoms with van der Waals surface area (Å²) in [5.41, 5.74) is 0.936. The van der Waals surface area contributed by atoms with Gasteiger partial charge in [-0.3, -0.25) is 10.1 Å². The van der Waals surface area contributed by atoms with Crippen LogP contribution in [0.15, 0.2) is 48.5 Å². The zero-order valence-corrected chi connectivity index (χ0v) is 15.9. The van der Waals surface area contributed by atoms with E-state index in [9.17, 15) is 14.9 Å². The van der Waals surface area contributed by atoms with Gasteiger partial charge in [-0.15, -0.1) is 0 Å². The highest BCUT2D eigenvalue weighted by Crippen LogP contribution is 2.33. The number of rotatable bonds is 7. The fraction of sp³-hybridized carbons (Fsp3) is 0.286. The summed E-state index contributed by atoms with van der Waals surface area (Å²) in [4.78, 5) is 22.9. The number of hydrogen-bond donors (Lipinski definition) is 0. The first-order valence-corrected chi connectivity index (χ1v) is 9.21. The van der Waals surface area contributed by atoms with Gasteiger partial charge in [0.15, 0.2) is 6.29 Å². The molecule has 0 aliphatic carbocycles. The smallest absolute Gasteiger partial charge is 0.336 e. The summed E-state index contributed by atoms with van der Waals surface area (Å²) in [7, 11) is 0. The Morgan fingerprint density at radius 3 is 2.59 bits per heavy atom. The van der Waals surface area contributed by atoms with E-state index in [1.165, 1.54) is 18.2 Å². The average molecular weight is 399 g/mol. The standard InChI is InChI=1S/C21H21NO7/c1-2-26-17-8-4-15(5-9-17)6-11-20(23)29-19-10-7-16(14-18(19)22(24)25)21-27-12-3-13-28-21/h4-11,14,21H,2-3,12-13H2,1H3/b11-6+. The van der Waals surface area contributed by atoms with Crippen LogP contribution in [0.5, 0.6) is 11.5 Å². The van der Waals surface area contributed by atoms with Gasteiger partial charge in [-0.2, -0.15) is 0 Å². The van der Waals surface area contributed by atoms with Crippen molar-refractivity contribution in [3.63, 3.8) is 0 Å². The molecule has 8 heteroatoms. The van der Waals surface area contributed by atoms with Gasteiger partial charge < -0.3 is 18.9 Å². The molecule has 0 amide bonds. The van der Waals surface area contributed by atoms with Crippen LogP contribution in [0, 0.1) is 10.1 Å². The molecule has 0 spiro atoms. The van der Waals surface area contributed by atoms with Crippen molar-refractivity contribution in [3.05, 3.63) is 69.8 Å². The van der Waals surface area contributed by atoms with Gasteiger partial charge in [0.05, 0.1) is 24.7 Å². The van der Waals surface area contributed by atoms with Crippen LogP contribution >= 0.6 is 0 Å². The van der Waals surface area contributed by atoms with E-state index in [1.54, 1.807) is 36.4 Å². The minimum atomic E-state index is -0.722. The van der Waals surface area contributed by atoms with Crippen LogP contribution in [-0.4, -0.2) is 30.7 Å². The second kappa shape index (κ2) is 9.81. The largest absolute Gasteiger partial charge is 0.494 e. The van der Waals surface area contributed by atoms with Crippen LogP contribution in [0.2, 0.25) is 0 Å². The van der Waals surface area contributed by atoms with Gasteiger partial charge in [0.1, 0.15) is 5.75 Å². The molecule has 0 saturated carbocycles. The second-order valence-electron chi connectivity index (χ2n) is 6.17. The molecule has 8 nitrogen and oxygen atoms in total. The molecule has 0 N–H and O–H groups in total. The molecule has 0 radical (unpaired) electrons. The molecule has 29 heavy (non-hydrogen) atoms. The number of nitrogens with zero attached hydrogens (tertiary/aromatic N) is 1. The van der Waals surface area contributed by atoms with Crippen molar-refractivity contribution in [3.8, 4) is 11.5 Å². The minimum Gasteiger partial charge on any atom is -0.494 e. The lowest BCUT2D eigenvalue weighted by Gasteiger charge is -2.23. The van der Waals surface area contributed by atoms with Crippen molar-refractivity contribution >= 4 is 17.7 Å². The van der Waals surface area contributed by atoms with E-state index in [0.717, 1.165) is 17.7 Å². The second-order valence-corrected chi connectivity index (χ2v) is 6.17. The van der Waals surface area contributed by atoms with E-state index in [2.05, 4.69) is 0 Å². The molecule has 0 aromatic heterocycles. The third-order valence-electron chi connectivity index (χ3n) is 4.09. The number of carbonyl (C=O) groups excluding carboxylic acids is 1. The van der Waals surface area contributed by atoms with E-state index in [-0.39, 0.29) is 11.4 Å². The highest BCUT2D eigenvalue weighted by atomic mass is 16.7. The molecule has 152 valence electrons. The zero-order chi connectivity index (χ0) is 20.6. The lowest BCUT2D eigenvalue weighted by molar-refractivity contribution is -0.385. The van der Waals surface area contributed by atoms with Crippen molar-refractivity contribution in [1.82, 2.24) is 0 Å². The maximum absolute atomic E-state index is 12.1. The Hall–Kier alpha value is -3.23. The number of nitro benzene ring substituents is 1. The molecule has 1 saturated heterocycles. The van der Waals surface area contributed by atoms with Crippen LogP contribution in [0.1, 0.15) is 30.8 Å². The Morgan fingerprint density at radius 1 is 1.21 bits per heavy atom. The number of ether oxygens (including phenoxy) is 4. The third-order valence-corrected chi connectivity index (χ3v) is 4.09. The highest BCUT2D eigenvalue weighted by molar-refractivity contribution is 5.89. The van der Waals surface area contributed by atoms with E-state index >= 15 is 0 Å². The topological polar surface area (TPSA) is 97.1 Å². The van der Waals surface area contributed by atoms with Gasteiger partial charge in [-0.1, -0.05) is 12.1 Å². The van der Waals surface area contributed by atoms with Gasteiger partial charge in [0.2, 0.25) is 5.75 Å². The summed E-state index contributed by atoms with van der Waals surface area (Å²) in [6.45, 7) is 3.50. The summed E-state index contributed by atoms with van der Waals surface area (Å²) in [5.74, 6) is -0.135.